The van der Waals surface area contributed by atoms with Crippen LogP contribution in [0, 0.1) is 10.1 Å². The Morgan fingerprint density at radius 3 is 2.46 bits per heavy atom. The lowest BCUT2D eigenvalue weighted by Crippen LogP contribution is -2.40. The first-order valence-corrected chi connectivity index (χ1v) is 10.8. The molecular formula is C24H24ClN5O5. The van der Waals surface area contributed by atoms with Gasteiger partial charge in [-0.3, -0.25) is 24.5 Å². The van der Waals surface area contributed by atoms with E-state index >= 15 is 0 Å². The van der Waals surface area contributed by atoms with Crippen molar-refractivity contribution in [3.63, 3.8) is 0 Å². The normalized spacial score (nSPS) is 12.4. The fourth-order valence-electron chi connectivity index (χ4n) is 3.94. The van der Waals surface area contributed by atoms with Crippen LogP contribution in [0.2, 0.25) is 0 Å². The largest absolute Gasteiger partial charge is 0.351 e. The summed E-state index contributed by atoms with van der Waals surface area (Å²) in [6.45, 7) is 2.32. The van der Waals surface area contributed by atoms with Crippen LogP contribution in [-0.4, -0.2) is 48.8 Å². The Hall–Kier alpha value is -3.86. The molecule has 3 amide bonds. The van der Waals surface area contributed by atoms with Crippen LogP contribution >= 0.6 is 12.4 Å². The topological polar surface area (TPSA) is 148 Å². The highest BCUT2D eigenvalue weighted by Crippen LogP contribution is 2.35. The molecule has 35 heavy (non-hydrogen) atoms. The first-order valence-electron chi connectivity index (χ1n) is 10.8. The molecule has 4 rings (SSSR count). The van der Waals surface area contributed by atoms with Gasteiger partial charge in [-0.25, -0.2) is 4.90 Å². The van der Waals surface area contributed by atoms with Crippen molar-refractivity contribution in [3.05, 3.63) is 81.4 Å². The molecule has 0 spiro atoms. The van der Waals surface area contributed by atoms with E-state index in [1.165, 1.54) is 18.2 Å². The van der Waals surface area contributed by atoms with E-state index in [0.29, 0.717) is 30.4 Å². The third-order valence-corrected chi connectivity index (χ3v) is 5.55. The van der Waals surface area contributed by atoms with Crippen LogP contribution in [0.15, 0.2) is 54.6 Å². The van der Waals surface area contributed by atoms with E-state index in [1.807, 2.05) is 0 Å². The Balaban J connectivity index is 0.00000342. The fourth-order valence-corrected chi connectivity index (χ4v) is 3.94. The van der Waals surface area contributed by atoms with Gasteiger partial charge in [0.2, 0.25) is 0 Å². The second kappa shape index (κ2) is 11.0. The van der Waals surface area contributed by atoms with Gasteiger partial charge < -0.3 is 16.4 Å². The lowest BCUT2D eigenvalue weighted by molar-refractivity contribution is -0.384. The van der Waals surface area contributed by atoms with E-state index in [4.69, 9.17) is 5.73 Å². The van der Waals surface area contributed by atoms with E-state index in [0.717, 1.165) is 17.9 Å². The lowest BCUT2D eigenvalue weighted by Gasteiger charge is -2.27. The first-order chi connectivity index (χ1) is 16.4. The number of nitrogens with one attached hydrogen (secondary N) is 2. The average Bonchev–Trinajstić information content (AvgIpc) is 2.84. The first kappa shape index (κ1) is 25.8. The van der Waals surface area contributed by atoms with Gasteiger partial charge in [-0.15, -0.1) is 12.4 Å². The van der Waals surface area contributed by atoms with Crippen molar-refractivity contribution in [2.75, 3.05) is 31.1 Å². The number of nitro groups is 1. The minimum atomic E-state index is -0.681. The Bertz CT molecular complexity index is 1310. The van der Waals surface area contributed by atoms with Gasteiger partial charge in [-0.05, 0) is 49.2 Å². The number of hydrogen-bond donors (Lipinski definition) is 3. The van der Waals surface area contributed by atoms with E-state index in [2.05, 4.69) is 10.6 Å². The third-order valence-electron chi connectivity index (χ3n) is 5.55. The van der Waals surface area contributed by atoms with Gasteiger partial charge in [0.25, 0.3) is 23.4 Å². The molecule has 0 fully saturated rings. The second-order valence-electron chi connectivity index (χ2n) is 7.80. The van der Waals surface area contributed by atoms with E-state index in [9.17, 15) is 24.5 Å². The zero-order valence-corrected chi connectivity index (χ0v) is 19.5. The van der Waals surface area contributed by atoms with Crippen LogP contribution in [0.3, 0.4) is 0 Å². The molecule has 1 aliphatic rings. The van der Waals surface area contributed by atoms with E-state index in [-0.39, 0.29) is 46.4 Å². The molecule has 3 aromatic carbocycles. The van der Waals surface area contributed by atoms with Crippen LogP contribution in [0.5, 0.6) is 0 Å². The predicted molar refractivity (Wildman–Crippen MR) is 134 cm³/mol. The van der Waals surface area contributed by atoms with Crippen molar-refractivity contribution in [1.29, 1.82) is 0 Å². The maximum absolute atomic E-state index is 13.3. The molecule has 1 heterocycles. The quantitative estimate of drug-likeness (QED) is 0.178. The number of halogens is 1. The molecule has 0 unspecified atom stereocenters. The summed E-state index contributed by atoms with van der Waals surface area (Å²) in [5.74, 6) is -1.59. The van der Waals surface area contributed by atoms with Crippen LogP contribution in [0.1, 0.15) is 37.5 Å². The second-order valence-corrected chi connectivity index (χ2v) is 7.80. The molecule has 0 aliphatic carbocycles. The summed E-state index contributed by atoms with van der Waals surface area (Å²) in [7, 11) is 0. The predicted octanol–water partition coefficient (Wildman–Crippen LogP) is 2.64. The van der Waals surface area contributed by atoms with Gasteiger partial charge in [0.15, 0.2) is 0 Å². The number of carbonyl (C=O) groups excluding carboxylic acids is 3. The number of nitrogens with zero attached hydrogens (tertiary/aromatic N) is 2. The molecular weight excluding hydrogens is 474 g/mol. The minimum absolute atomic E-state index is 0. The highest BCUT2D eigenvalue weighted by atomic mass is 35.5. The number of anilines is 1. The van der Waals surface area contributed by atoms with Gasteiger partial charge in [0, 0.05) is 41.7 Å². The Morgan fingerprint density at radius 2 is 1.71 bits per heavy atom. The van der Waals surface area contributed by atoms with Crippen LogP contribution < -0.4 is 21.3 Å². The van der Waals surface area contributed by atoms with Gasteiger partial charge >= 0.3 is 0 Å². The van der Waals surface area contributed by atoms with Gasteiger partial charge in [-0.2, -0.15) is 0 Å². The Morgan fingerprint density at radius 1 is 0.971 bits per heavy atom. The minimum Gasteiger partial charge on any atom is -0.351 e. The summed E-state index contributed by atoms with van der Waals surface area (Å²) in [6, 6.07) is 13.5. The summed E-state index contributed by atoms with van der Waals surface area (Å²) in [5, 5.41) is 18.1. The van der Waals surface area contributed by atoms with Crippen molar-refractivity contribution >= 4 is 52.3 Å². The molecule has 4 N–H and O–H groups in total. The van der Waals surface area contributed by atoms with Crippen molar-refractivity contribution in [3.8, 4) is 0 Å². The summed E-state index contributed by atoms with van der Waals surface area (Å²) >= 11 is 0. The van der Waals surface area contributed by atoms with Gasteiger partial charge in [0.05, 0.1) is 16.2 Å². The number of rotatable bonds is 9. The monoisotopic (exact) mass is 497 g/mol. The van der Waals surface area contributed by atoms with Crippen LogP contribution in [-0.2, 0) is 0 Å². The molecule has 3 aromatic rings. The number of nitrogens with two attached hydrogens (primary N) is 1. The molecule has 0 saturated heterocycles. The van der Waals surface area contributed by atoms with Gasteiger partial charge in [-0.1, -0.05) is 18.2 Å². The number of hydrogen-bond acceptors (Lipinski definition) is 7. The molecule has 0 bridgehead atoms. The standard InChI is InChI=1S/C24H23N5O5.ClH/c25-8-3-9-26-10-11-27-22(30)16-5-1-6-17(13-16)28-23(31)19-7-2-4-15-12-18(29(33)34)14-20(21(15)19)24(28)32;/h1-2,4-7,12-14,26H,3,8-11,25H2,(H,27,30);1H. The zero-order chi connectivity index (χ0) is 24.2. The van der Waals surface area contributed by atoms with Gasteiger partial charge in [0.1, 0.15) is 0 Å². The summed E-state index contributed by atoms with van der Waals surface area (Å²) in [4.78, 5) is 50.9. The van der Waals surface area contributed by atoms with E-state index < -0.39 is 16.7 Å². The summed E-state index contributed by atoms with van der Waals surface area (Å²) in [5.41, 5.74) is 6.02. The van der Waals surface area contributed by atoms with Crippen LogP contribution in [0.25, 0.3) is 10.8 Å². The summed E-state index contributed by atoms with van der Waals surface area (Å²) < 4.78 is 0. The highest BCUT2D eigenvalue weighted by Gasteiger charge is 2.35. The highest BCUT2D eigenvalue weighted by molar-refractivity contribution is 6.36. The molecule has 11 heteroatoms. The van der Waals surface area contributed by atoms with Crippen molar-refractivity contribution < 1.29 is 19.3 Å². The SMILES string of the molecule is Cl.NCCCNCCNC(=O)c1cccc(N2C(=O)c3cccc4cc([N+](=O)[O-])cc(c34)C2=O)c1. The number of imide groups is 1. The number of amides is 3. The summed E-state index contributed by atoms with van der Waals surface area (Å²) in [6.07, 6.45) is 0.841. The number of non-ortho nitro benzene ring substituents is 1. The Kier molecular flexibility index (Phi) is 8.13. The molecule has 1 aliphatic heterocycles. The molecule has 182 valence electrons. The molecule has 10 nitrogen and oxygen atoms in total. The molecule has 0 radical (unpaired) electrons. The Labute approximate surface area is 207 Å². The van der Waals surface area contributed by atoms with Crippen molar-refractivity contribution in [1.82, 2.24) is 10.6 Å². The molecule has 0 atom stereocenters. The van der Waals surface area contributed by atoms with Crippen molar-refractivity contribution in [2.45, 2.75) is 6.42 Å². The van der Waals surface area contributed by atoms with Crippen LogP contribution in [0.4, 0.5) is 11.4 Å². The zero-order valence-electron chi connectivity index (χ0n) is 18.7. The smallest absolute Gasteiger partial charge is 0.270 e. The number of benzene rings is 3. The maximum Gasteiger partial charge on any atom is 0.270 e. The third kappa shape index (κ3) is 5.14. The van der Waals surface area contributed by atoms with Crippen molar-refractivity contribution in [2.24, 2.45) is 5.73 Å². The lowest BCUT2D eigenvalue weighted by atomic mass is 9.93. The van der Waals surface area contributed by atoms with E-state index in [1.54, 1.807) is 36.4 Å². The fraction of sp³-hybridized carbons (Fsp3) is 0.208. The number of nitro benzene ring substituents is 1. The molecule has 0 aromatic heterocycles. The number of carbonyl (C=O) groups is 3. The molecule has 0 saturated carbocycles. The average molecular weight is 498 g/mol. The maximum atomic E-state index is 13.3.